The van der Waals surface area contributed by atoms with Crippen LogP contribution >= 0.6 is 11.6 Å². The number of benzene rings is 1. The lowest BCUT2D eigenvalue weighted by Crippen LogP contribution is -2.02. The van der Waals surface area contributed by atoms with Crippen LogP contribution in [0.15, 0.2) is 29.4 Å². The molecule has 0 fully saturated rings. The van der Waals surface area contributed by atoms with Crippen LogP contribution in [0.4, 0.5) is 0 Å². The van der Waals surface area contributed by atoms with E-state index in [4.69, 9.17) is 16.8 Å². The van der Waals surface area contributed by atoms with Crippen LogP contribution in [0, 0.1) is 0 Å². The number of carbonyl (C=O) groups is 1. The van der Waals surface area contributed by atoms with Crippen LogP contribution in [0.25, 0.3) is 0 Å². The summed E-state index contributed by atoms with van der Waals surface area (Å²) in [7, 11) is 1.29. The molecule has 0 heterocycles. The standard InChI is InChI=1S/C9H8ClNO3/c1-14-9(12)7-4-2-3-6(5-7)8(10)11-13/h2-5,13H,1H3/b11-8+. The highest BCUT2D eigenvalue weighted by Gasteiger charge is 2.07. The first kappa shape index (κ1) is 10.5. The average Bonchev–Trinajstić information content (AvgIpc) is 2.27. The molecule has 0 atom stereocenters. The van der Waals surface area contributed by atoms with E-state index in [1.807, 2.05) is 0 Å². The first-order valence-corrected chi connectivity index (χ1v) is 4.13. The Kier molecular flexibility index (Phi) is 3.48. The van der Waals surface area contributed by atoms with E-state index >= 15 is 0 Å². The summed E-state index contributed by atoms with van der Waals surface area (Å²) >= 11 is 5.56. The Hall–Kier alpha value is -1.55. The third-order valence-corrected chi connectivity index (χ3v) is 1.90. The molecule has 0 saturated carbocycles. The molecule has 0 aliphatic carbocycles. The molecule has 0 bridgehead atoms. The molecular formula is C9H8ClNO3. The SMILES string of the molecule is COC(=O)c1cccc(/C(Cl)=N\O)c1. The normalized spacial score (nSPS) is 11.1. The highest BCUT2D eigenvalue weighted by molar-refractivity contribution is 6.69. The first-order valence-electron chi connectivity index (χ1n) is 3.75. The summed E-state index contributed by atoms with van der Waals surface area (Å²) in [4.78, 5) is 11.1. The number of rotatable bonds is 2. The van der Waals surface area contributed by atoms with Crippen molar-refractivity contribution < 1.29 is 14.7 Å². The van der Waals surface area contributed by atoms with E-state index in [-0.39, 0.29) is 5.17 Å². The van der Waals surface area contributed by atoms with Crippen molar-refractivity contribution in [3.63, 3.8) is 0 Å². The molecule has 1 aromatic rings. The topological polar surface area (TPSA) is 58.9 Å². The quantitative estimate of drug-likeness (QED) is 0.353. The highest BCUT2D eigenvalue weighted by atomic mass is 35.5. The fourth-order valence-corrected chi connectivity index (χ4v) is 1.07. The lowest BCUT2D eigenvalue weighted by atomic mass is 10.1. The largest absolute Gasteiger partial charge is 0.465 e. The lowest BCUT2D eigenvalue weighted by molar-refractivity contribution is 0.0600. The second kappa shape index (κ2) is 4.62. The van der Waals surface area contributed by atoms with Crippen molar-refractivity contribution in [1.29, 1.82) is 0 Å². The van der Waals surface area contributed by atoms with Crippen molar-refractivity contribution in [2.45, 2.75) is 0 Å². The molecule has 0 aliphatic heterocycles. The Balaban J connectivity index is 3.07. The maximum atomic E-state index is 11.1. The van der Waals surface area contributed by atoms with Gasteiger partial charge in [-0.3, -0.25) is 0 Å². The predicted octanol–water partition coefficient (Wildman–Crippen LogP) is 1.85. The van der Waals surface area contributed by atoms with E-state index in [1.54, 1.807) is 18.2 Å². The van der Waals surface area contributed by atoms with Gasteiger partial charge in [0.15, 0.2) is 5.17 Å². The Morgan fingerprint density at radius 2 is 2.14 bits per heavy atom. The Labute approximate surface area is 85.7 Å². The van der Waals surface area contributed by atoms with Gasteiger partial charge in [0.2, 0.25) is 0 Å². The lowest BCUT2D eigenvalue weighted by Gasteiger charge is -2.00. The zero-order chi connectivity index (χ0) is 10.6. The molecule has 0 aliphatic rings. The van der Waals surface area contributed by atoms with E-state index in [2.05, 4.69) is 9.89 Å². The summed E-state index contributed by atoms with van der Waals surface area (Å²) in [6.07, 6.45) is 0. The van der Waals surface area contributed by atoms with Crippen molar-refractivity contribution in [3.05, 3.63) is 35.4 Å². The van der Waals surface area contributed by atoms with Crippen molar-refractivity contribution >= 4 is 22.7 Å². The van der Waals surface area contributed by atoms with E-state index < -0.39 is 5.97 Å². The molecule has 0 amide bonds. The molecule has 0 radical (unpaired) electrons. The second-order valence-corrected chi connectivity index (χ2v) is 2.82. The van der Waals surface area contributed by atoms with Gasteiger partial charge in [0.25, 0.3) is 0 Å². The molecule has 1 rings (SSSR count). The summed E-state index contributed by atoms with van der Waals surface area (Å²) in [6, 6.07) is 6.30. The van der Waals surface area contributed by atoms with E-state index in [1.165, 1.54) is 13.2 Å². The van der Waals surface area contributed by atoms with Gasteiger partial charge in [0.05, 0.1) is 12.7 Å². The monoisotopic (exact) mass is 213 g/mol. The zero-order valence-corrected chi connectivity index (χ0v) is 8.15. The third kappa shape index (κ3) is 2.23. The molecule has 1 aromatic carbocycles. The van der Waals surface area contributed by atoms with Crippen LogP contribution in [-0.2, 0) is 4.74 Å². The van der Waals surface area contributed by atoms with Crippen molar-refractivity contribution in [2.24, 2.45) is 5.16 Å². The first-order chi connectivity index (χ1) is 6.69. The number of ether oxygens (including phenoxy) is 1. The van der Waals surface area contributed by atoms with Crippen LogP contribution in [-0.4, -0.2) is 23.5 Å². The maximum Gasteiger partial charge on any atom is 0.337 e. The number of oxime groups is 1. The second-order valence-electron chi connectivity index (χ2n) is 2.46. The molecule has 1 N–H and O–H groups in total. The summed E-state index contributed by atoms with van der Waals surface area (Å²) in [5.74, 6) is -0.464. The predicted molar refractivity (Wildman–Crippen MR) is 52.0 cm³/mol. The maximum absolute atomic E-state index is 11.1. The minimum Gasteiger partial charge on any atom is -0.465 e. The Bertz CT molecular complexity index is 376. The van der Waals surface area contributed by atoms with E-state index in [9.17, 15) is 4.79 Å². The van der Waals surface area contributed by atoms with Gasteiger partial charge < -0.3 is 9.94 Å². The van der Waals surface area contributed by atoms with Crippen molar-refractivity contribution in [1.82, 2.24) is 0 Å². The third-order valence-electron chi connectivity index (χ3n) is 1.61. The van der Waals surface area contributed by atoms with Gasteiger partial charge in [-0.25, -0.2) is 4.79 Å². The molecule has 74 valence electrons. The van der Waals surface area contributed by atoms with E-state index in [0.29, 0.717) is 11.1 Å². The number of carbonyl (C=O) groups excluding carboxylic acids is 1. The molecule has 0 unspecified atom stereocenters. The summed E-state index contributed by atoms with van der Waals surface area (Å²) < 4.78 is 4.52. The number of methoxy groups -OCH3 is 1. The summed E-state index contributed by atoms with van der Waals surface area (Å²) in [5.41, 5.74) is 0.809. The Morgan fingerprint density at radius 3 is 2.71 bits per heavy atom. The highest BCUT2D eigenvalue weighted by Crippen LogP contribution is 2.09. The molecule has 5 heteroatoms. The van der Waals surface area contributed by atoms with Gasteiger partial charge in [0.1, 0.15) is 0 Å². The van der Waals surface area contributed by atoms with Crippen molar-refractivity contribution in [3.8, 4) is 0 Å². The average molecular weight is 214 g/mol. The van der Waals surface area contributed by atoms with Crippen LogP contribution in [0.5, 0.6) is 0 Å². The zero-order valence-electron chi connectivity index (χ0n) is 7.40. The molecule has 0 aromatic heterocycles. The minimum absolute atomic E-state index is 0.0734. The number of hydrogen-bond acceptors (Lipinski definition) is 4. The van der Waals surface area contributed by atoms with Crippen LogP contribution in [0.3, 0.4) is 0 Å². The Morgan fingerprint density at radius 1 is 1.50 bits per heavy atom. The van der Waals surface area contributed by atoms with Gasteiger partial charge in [-0.05, 0) is 12.1 Å². The summed E-state index contributed by atoms with van der Waals surface area (Å²) in [6.45, 7) is 0. The fourth-order valence-electron chi connectivity index (χ4n) is 0.950. The van der Waals surface area contributed by atoms with Gasteiger partial charge in [-0.15, -0.1) is 0 Å². The molecule has 4 nitrogen and oxygen atoms in total. The smallest absolute Gasteiger partial charge is 0.337 e. The van der Waals surface area contributed by atoms with Crippen molar-refractivity contribution in [2.75, 3.05) is 7.11 Å². The molecule has 0 spiro atoms. The van der Waals surface area contributed by atoms with Crippen LogP contribution in [0.2, 0.25) is 0 Å². The van der Waals surface area contributed by atoms with Crippen LogP contribution in [0.1, 0.15) is 15.9 Å². The van der Waals surface area contributed by atoms with Crippen LogP contribution < -0.4 is 0 Å². The number of hydrogen-bond donors (Lipinski definition) is 1. The molecule has 14 heavy (non-hydrogen) atoms. The van der Waals surface area contributed by atoms with Gasteiger partial charge in [0, 0.05) is 5.56 Å². The van der Waals surface area contributed by atoms with Gasteiger partial charge in [-0.1, -0.05) is 28.9 Å². The van der Waals surface area contributed by atoms with Gasteiger partial charge >= 0.3 is 5.97 Å². The number of nitrogens with zero attached hydrogens (tertiary/aromatic N) is 1. The van der Waals surface area contributed by atoms with Gasteiger partial charge in [-0.2, -0.15) is 0 Å². The molecular weight excluding hydrogens is 206 g/mol. The minimum atomic E-state index is -0.464. The number of esters is 1. The summed E-state index contributed by atoms with van der Waals surface area (Å²) in [5, 5.41) is 11.2. The van der Waals surface area contributed by atoms with E-state index in [0.717, 1.165) is 0 Å². The molecule has 0 saturated heterocycles. The fraction of sp³-hybridized carbons (Fsp3) is 0.111. The number of halogens is 1.